The molecule has 86 heavy (non-hydrogen) atoms. The van der Waals surface area contributed by atoms with Crippen molar-refractivity contribution in [3.8, 4) is 62.3 Å². The number of fused-ring (bicyclic) bond motifs is 3. The number of ether oxygens (including phenoxy) is 3. The molecule has 0 radical (unpaired) electrons. The summed E-state index contributed by atoms with van der Waals surface area (Å²) in [6, 6.07) is 45.6. The number of oxazole rings is 1. The summed E-state index contributed by atoms with van der Waals surface area (Å²) in [5.74, 6) is 3.81. The van der Waals surface area contributed by atoms with Crippen LogP contribution >= 0.6 is 0 Å². The average Bonchev–Trinajstić information content (AvgIpc) is 1.73. The molecule has 0 aliphatic carbocycles. The Bertz CT molecular complexity index is 4290. The molecular formula is C66H79N7O10S3. The molecule has 0 atom stereocenters. The first-order valence-electron chi connectivity index (χ1n) is 27.9. The van der Waals surface area contributed by atoms with Gasteiger partial charge in [0.05, 0.1) is 84.1 Å². The van der Waals surface area contributed by atoms with Crippen molar-refractivity contribution in [2.45, 2.75) is 81.3 Å². The van der Waals surface area contributed by atoms with Gasteiger partial charge in [-0.3, -0.25) is 12.9 Å². The maximum absolute atomic E-state index is 12.3. The number of rotatable bonds is 14. The monoisotopic (exact) mass is 1230 g/mol. The Morgan fingerprint density at radius 3 is 1.45 bits per heavy atom. The number of nitrogens with one attached hydrogen (secondary N) is 1. The fourth-order valence-electron chi connectivity index (χ4n) is 11.4. The predicted molar refractivity (Wildman–Crippen MR) is 352 cm³/mol. The van der Waals surface area contributed by atoms with Gasteiger partial charge in [0.1, 0.15) is 17.2 Å². The van der Waals surface area contributed by atoms with Crippen molar-refractivity contribution in [2.24, 2.45) is 0 Å². The van der Waals surface area contributed by atoms with Crippen molar-refractivity contribution >= 4 is 79.8 Å². The normalized spacial score (nSPS) is 15.5. The van der Waals surface area contributed by atoms with Crippen LogP contribution in [0.1, 0.15) is 68.2 Å². The third kappa shape index (κ3) is 12.7. The van der Waals surface area contributed by atoms with E-state index in [0.717, 1.165) is 121 Å². The zero-order chi connectivity index (χ0) is 58.0. The molecule has 6 aromatic carbocycles. The second kappa shape index (κ2) is 26.6. The fraction of sp³-hybridized carbons (Fsp3) is 0.318. The number of methoxy groups -OCH3 is 3. The summed E-state index contributed by atoms with van der Waals surface area (Å²) >= 11 is 0. The molecule has 17 nitrogen and oxygen atoms in total. The number of anilines is 3. The number of H-pyrrole nitrogens is 1. The lowest BCUT2D eigenvalue weighted by atomic mass is 10.0. The highest BCUT2D eigenvalue weighted by atomic mass is 32.2. The molecule has 456 valence electrons. The Kier molecular flexibility index (Phi) is 19.7. The van der Waals surface area contributed by atoms with Gasteiger partial charge in [-0.1, -0.05) is 72.5 Å². The topological polar surface area (TPSA) is 192 Å². The largest absolute Gasteiger partial charge is 0.497 e. The highest BCUT2D eigenvalue weighted by molar-refractivity contribution is 7.93. The molecule has 0 saturated carbocycles. The second-order valence-electron chi connectivity index (χ2n) is 20.7. The lowest BCUT2D eigenvalue weighted by molar-refractivity contribution is 0.415. The first-order valence-corrected chi connectivity index (χ1v) is 32.7. The summed E-state index contributed by atoms with van der Waals surface area (Å²) in [6.45, 7) is 7.69. The molecule has 10 aromatic rings. The molecule has 13 rings (SSSR count). The summed E-state index contributed by atoms with van der Waals surface area (Å²) in [7, 11) is -4.50. The van der Waals surface area contributed by atoms with Gasteiger partial charge in [0.15, 0.2) is 12.2 Å². The number of aromatic nitrogens is 4. The Morgan fingerprint density at radius 2 is 0.977 bits per heavy atom. The van der Waals surface area contributed by atoms with E-state index < -0.39 is 30.1 Å². The van der Waals surface area contributed by atoms with E-state index in [2.05, 4.69) is 57.2 Å². The van der Waals surface area contributed by atoms with Crippen molar-refractivity contribution < 1.29 is 43.9 Å². The lowest BCUT2D eigenvalue weighted by Gasteiger charge is -2.18. The van der Waals surface area contributed by atoms with Gasteiger partial charge >= 0.3 is 0 Å². The minimum Gasteiger partial charge on any atom is -0.497 e. The van der Waals surface area contributed by atoms with Crippen LogP contribution in [0.4, 0.5) is 17.1 Å². The first-order chi connectivity index (χ1) is 40.1. The number of hydrogen-bond donors (Lipinski definition) is 1. The molecule has 3 saturated heterocycles. The van der Waals surface area contributed by atoms with Gasteiger partial charge in [-0.2, -0.15) is 0 Å². The van der Waals surface area contributed by atoms with Crippen LogP contribution in [0.25, 0.3) is 77.8 Å². The van der Waals surface area contributed by atoms with E-state index in [1.807, 2.05) is 115 Å². The molecule has 3 aliphatic heterocycles. The summed E-state index contributed by atoms with van der Waals surface area (Å²) < 4.78 is 104. The van der Waals surface area contributed by atoms with Gasteiger partial charge in [-0.05, 0) is 134 Å². The van der Waals surface area contributed by atoms with Crippen LogP contribution in [0.3, 0.4) is 0 Å². The average molecular weight is 1230 g/mol. The lowest BCUT2D eigenvalue weighted by Crippen LogP contribution is -2.24. The van der Waals surface area contributed by atoms with Gasteiger partial charge in [-0.25, -0.2) is 30.2 Å². The third-order valence-electron chi connectivity index (χ3n) is 15.4. The quantitative estimate of drug-likeness (QED) is 0.109. The molecule has 3 fully saturated rings. The van der Waals surface area contributed by atoms with Crippen molar-refractivity contribution in [1.82, 2.24) is 19.1 Å². The molecule has 0 bridgehead atoms. The van der Waals surface area contributed by atoms with Crippen LogP contribution in [-0.2, 0) is 43.2 Å². The molecule has 20 heteroatoms. The van der Waals surface area contributed by atoms with Crippen LogP contribution in [0.15, 0.2) is 157 Å². The van der Waals surface area contributed by atoms with E-state index in [4.69, 9.17) is 18.6 Å². The van der Waals surface area contributed by atoms with E-state index in [1.54, 1.807) is 27.5 Å². The number of nitrogens with zero attached hydrogens (tertiary/aromatic N) is 6. The second-order valence-corrected chi connectivity index (χ2v) is 26.8. The predicted octanol–water partition coefficient (Wildman–Crippen LogP) is 14.5. The van der Waals surface area contributed by atoms with Gasteiger partial charge in [0, 0.05) is 84.0 Å². The molecule has 4 aromatic heterocycles. The minimum atomic E-state index is -3.22. The first kappa shape index (κ1) is 63.8. The smallest absolute Gasteiger partial charge is 0.235 e. The van der Waals surface area contributed by atoms with Gasteiger partial charge in [-0.15, -0.1) is 0 Å². The van der Waals surface area contributed by atoms with E-state index in [-0.39, 0.29) is 39.5 Å². The van der Waals surface area contributed by atoms with Crippen molar-refractivity contribution in [3.05, 3.63) is 152 Å². The summed E-state index contributed by atoms with van der Waals surface area (Å²) in [4.78, 5) is 7.52. The number of sulfonamides is 3. The van der Waals surface area contributed by atoms with E-state index >= 15 is 0 Å². The number of hydrogen-bond acceptors (Lipinski definition) is 11. The standard InChI is InChI=1S/C24H25N3O4S.C21H24N2O3S.C18H18N2O3S.3CH4/c1-3-11-26-21-14-19(30-2)9-10-20(21)23(22-15-25-16-31-22)24(26)17-5-7-18(8-6-17)27-12-4-13-32(27,28)29;1-3-11-22-20(14-17-7-10-19(26-2)15-21(17)22)16-5-8-18(9-6-16)23-12-4-13-27(23,24)25;1-23-16-8-5-14-11-17(19-18(14)12-16)13-3-6-15(7-4-13)20-9-2-10-24(20,21)22;;;/h5-10,14-16H,3-4,11-13H2,1-2H3;5-10,14-15H,3-4,11-13H2,1-2H3;3-8,11-12,19H,2,9-10H2,1H3;3*1H4. The van der Waals surface area contributed by atoms with E-state index in [9.17, 15) is 25.3 Å². The van der Waals surface area contributed by atoms with Crippen LogP contribution in [0.2, 0.25) is 0 Å². The summed E-state index contributed by atoms with van der Waals surface area (Å²) in [6.07, 6.45) is 7.18. The number of aromatic amines is 1. The summed E-state index contributed by atoms with van der Waals surface area (Å²) in [5, 5.41) is 3.33. The number of benzene rings is 6. The SMILES string of the molecule is C.C.C.CCCn1c(-c2ccc(N3CCCS3(=O)=O)cc2)c(-c2cnco2)c2ccc(OC)cc21.CCCn1c(-c2ccc(N3CCCS3(=O)=O)cc2)cc2ccc(OC)cc21.COc1ccc2cc(-c3ccc(N4CCCS4(=O)=O)cc3)[nH]c2c1. The molecule has 1 N–H and O–H groups in total. The molecule has 3 aliphatic rings. The van der Waals surface area contributed by atoms with Gasteiger partial charge in [0.2, 0.25) is 30.1 Å². The van der Waals surface area contributed by atoms with Crippen molar-refractivity contribution in [3.63, 3.8) is 0 Å². The maximum Gasteiger partial charge on any atom is 0.235 e. The Balaban J connectivity index is 0.000000166. The summed E-state index contributed by atoms with van der Waals surface area (Å²) in [5.41, 5.74) is 12.6. The zero-order valence-electron chi connectivity index (χ0n) is 47.1. The molecule has 7 heterocycles. The molecule has 0 spiro atoms. The molecule has 0 unspecified atom stereocenters. The third-order valence-corrected chi connectivity index (χ3v) is 21.0. The number of aryl methyl sites for hydroxylation is 2. The molecule has 0 amide bonds. The van der Waals surface area contributed by atoms with Crippen LogP contribution in [0.5, 0.6) is 17.2 Å². The van der Waals surface area contributed by atoms with Crippen LogP contribution < -0.4 is 27.1 Å². The maximum atomic E-state index is 12.3. The Labute approximate surface area is 506 Å². The molecular weight excluding hydrogens is 1150 g/mol. The van der Waals surface area contributed by atoms with Crippen molar-refractivity contribution in [1.29, 1.82) is 0 Å². The Hall–Kier alpha value is -8.20. The van der Waals surface area contributed by atoms with E-state index in [1.165, 1.54) is 24.7 Å². The van der Waals surface area contributed by atoms with Gasteiger partial charge < -0.3 is 32.7 Å². The highest BCUT2D eigenvalue weighted by Crippen LogP contribution is 2.43. The van der Waals surface area contributed by atoms with Crippen LogP contribution in [-0.4, -0.2) is 103 Å². The van der Waals surface area contributed by atoms with Crippen LogP contribution in [0, 0.1) is 0 Å². The minimum absolute atomic E-state index is 0. The van der Waals surface area contributed by atoms with Gasteiger partial charge in [0.25, 0.3) is 0 Å². The fourth-order valence-corrected chi connectivity index (χ4v) is 16.1. The Morgan fingerprint density at radius 1 is 0.512 bits per heavy atom. The van der Waals surface area contributed by atoms with Crippen molar-refractivity contribution in [2.75, 3.05) is 71.1 Å². The zero-order valence-corrected chi connectivity index (χ0v) is 49.6. The van der Waals surface area contributed by atoms with E-state index in [0.29, 0.717) is 50.3 Å². The highest BCUT2D eigenvalue weighted by Gasteiger charge is 2.31.